The van der Waals surface area contributed by atoms with E-state index >= 15 is 0 Å². The summed E-state index contributed by atoms with van der Waals surface area (Å²) in [7, 11) is 0. The molecule has 2 atom stereocenters. The molecule has 1 amide bonds. The molecule has 0 aliphatic carbocycles. The molecule has 2 aliphatic rings. The van der Waals surface area contributed by atoms with Crippen molar-refractivity contribution in [2.24, 2.45) is 16.8 Å². The summed E-state index contributed by atoms with van der Waals surface area (Å²) in [6.07, 6.45) is 6.71. The highest BCUT2D eigenvalue weighted by Gasteiger charge is 2.24. The van der Waals surface area contributed by atoms with E-state index < -0.39 is 0 Å². The van der Waals surface area contributed by atoms with Crippen molar-refractivity contribution >= 4 is 11.9 Å². The second kappa shape index (κ2) is 12.2. The fourth-order valence-electron chi connectivity index (χ4n) is 4.71. The number of aliphatic hydroxyl groups is 1. The van der Waals surface area contributed by atoms with Crippen molar-refractivity contribution in [2.45, 2.75) is 72.4 Å². The lowest BCUT2D eigenvalue weighted by molar-refractivity contribution is 0.0921. The summed E-state index contributed by atoms with van der Waals surface area (Å²) in [5.41, 5.74) is 2.85. The zero-order chi connectivity index (χ0) is 24.7. The molecule has 188 valence electrons. The number of likely N-dealkylation sites (tertiary alicyclic amines) is 1. The fraction of sp³-hybridized carbons (Fsp3) is 0.630. The lowest BCUT2D eigenvalue weighted by atomic mass is 9.92. The molecule has 7 heteroatoms. The smallest absolute Gasteiger partial charge is 0.251 e. The Balaban J connectivity index is 1.37. The first-order valence-corrected chi connectivity index (χ1v) is 12.7. The number of nitrogens with zero attached hydrogens (tertiary/aromatic N) is 2. The monoisotopic (exact) mass is 470 g/mol. The Morgan fingerprint density at radius 2 is 2.03 bits per heavy atom. The second-order valence-electron chi connectivity index (χ2n) is 10.0. The van der Waals surface area contributed by atoms with Gasteiger partial charge in [0.1, 0.15) is 5.75 Å². The van der Waals surface area contributed by atoms with E-state index in [-0.39, 0.29) is 24.6 Å². The Hall–Kier alpha value is -2.54. The molecule has 0 spiro atoms. The molecule has 1 aromatic carbocycles. The van der Waals surface area contributed by atoms with E-state index in [4.69, 9.17) is 14.8 Å². The zero-order valence-electron chi connectivity index (χ0n) is 21.4. The molecule has 2 heterocycles. The van der Waals surface area contributed by atoms with Crippen molar-refractivity contribution in [1.82, 2.24) is 15.5 Å². The number of rotatable bonds is 9. The summed E-state index contributed by atoms with van der Waals surface area (Å²) in [6, 6.07) is 5.54. The Labute approximate surface area is 204 Å². The second-order valence-corrected chi connectivity index (χ2v) is 10.0. The minimum atomic E-state index is -0.264. The maximum atomic E-state index is 12.3. The van der Waals surface area contributed by atoms with Crippen LogP contribution in [0.2, 0.25) is 0 Å². The third-order valence-electron chi connectivity index (χ3n) is 6.87. The van der Waals surface area contributed by atoms with E-state index in [1.165, 1.54) is 24.8 Å². The van der Waals surface area contributed by atoms with Crippen molar-refractivity contribution in [3.05, 3.63) is 41.1 Å². The van der Waals surface area contributed by atoms with Crippen molar-refractivity contribution in [3.63, 3.8) is 0 Å². The molecular formula is C27H42N4O3. The van der Waals surface area contributed by atoms with Gasteiger partial charge in [0, 0.05) is 30.9 Å². The van der Waals surface area contributed by atoms with Crippen molar-refractivity contribution in [1.29, 1.82) is 0 Å². The molecule has 3 rings (SSSR count). The number of aliphatic hydroxyl groups excluding tert-OH is 1. The molecule has 3 N–H and O–H groups in total. The SMILES string of the molecule is Cc1cc(OCCCC2CCN(C3=NC(C)C(C(C)C)=CN3)CC2)ccc1C(=O)N[C@H](C)CO. The number of benzene rings is 1. The molecule has 1 aromatic rings. The highest BCUT2D eigenvalue weighted by Crippen LogP contribution is 2.25. The summed E-state index contributed by atoms with van der Waals surface area (Å²) in [4.78, 5) is 19.6. The van der Waals surface area contributed by atoms with E-state index in [2.05, 4.69) is 42.5 Å². The molecule has 0 radical (unpaired) electrons. The van der Waals surface area contributed by atoms with Gasteiger partial charge in [-0.2, -0.15) is 0 Å². The quantitative estimate of drug-likeness (QED) is 0.477. The van der Waals surface area contributed by atoms with E-state index in [1.54, 1.807) is 13.0 Å². The van der Waals surface area contributed by atoms with Gasteiger partial charge in [-0.1, -0.05) is 13.8 Å². The number of aryl methyl sites for hydroxylation is 1. The van der Waals surface area contributed by atoms with E-state index in [0.29, 0.717) is 18.1 Å². The van der Waals surface area contributed by atoms with Gasteiger partial charge >= 0.3 is 0 Å². The molecule has 2 aliphatic heterocycles. The topological polar surface area (TPSA) is 86.2 Å². The Bertz CT molecular complexity index is 888. The number of hydrogen-bond donors (Lipinski definition) is 3. The maximum absolute atomic E-state index is 12.3. The van der Waals surface area contributed by atoms with Crippen LogP contribution in [0.4, 0.5) is 0 Å². The summed E-state index contributed by atoms with van der Waals surface area (Å²) in [5.74, 6) is 2.89. The molecule has 34 heavy (non-hydrogen) atoms. The van der Waals surface area contributed by atoms with Crippen molar-refractivity contribution < 1.29 is 14.6 Å². The molecule has 1 fully saturated rings. The van der Waals surface area contributed by atoms with Gasteiger partial charge in [-0.05, 0) is 87.6 Å². The van der Waals surface area contributed by atoms with Crippen LogP contribution < -0.4 is 15.4 Å². The minimum absolute atomic E-state index is 0.0770. The summed E-state index contributed by atoms with van der Waals surface area (Å²) in [6.45, 7) is 13.0. The number of carbonyl (C=O) groups excluding carboxylic acids is 1. The van der Waals surface area contributed by atoms with E-state index in [1.807, 2.05) is 19.1 Å². The van der Waals surface area contributed by atoms with Crippen LogP contribution in [0.25, 0.3) is 0 Å². The highest BCUT2D eigenvalue weighted by atomic mass is 16.5. The maximum Gasteiger partial charge on any atom is 0.251 e. The molecule has 0 saturated carbocycles. The fourth-order valence-corrected chi connectivity index (χ4v) is 4.71. The van der Waals surface area contributed by atoms with Crippen LogP contribution in [0.1, 0.15) is 69.3 Å². The standard InChI is InChI=1S/C27H42N4O3/c1-18(2)25-16-28-27(30-21(25)5)31-12-10-22(11-13-31)7-6-14-34-23-8-9-24(19(3)15-23)26(33)29-20(4)17-32/h8-9,15-16,18,20-22,32H,6-7,10-14,17H2,1-5H3,(H,28,30)(H,29,33)/t20-,21?/m1/s1. The van der Waals surface area contributed by atoms with Crippen LogP contribution in [0.15, 0.2) is 35.0 Å². The minimum Gasteiger partial charge on any atom is -0.494 e. The van der Waals surface area contributed by atoms with Crippen LogP contribution in [-0.4, -0.2) is 60.3 Å². The Morgan fingerprint density at radius 3 is 2.65 bits per heavy atom. The first-order chi connectivity index (χ1) is 16.3. The Morgan fingerprint density at radius 1 is 1.29 bits per heavy atom. The summed E-state index contributed by atoms with van der Waals surface area (Å²) in [5, 5.41) is 15.3. The van der Waals surface area contributed by atoms with Gasteiger partial charge in [-0.15, -0.1) is 0 Å². The van der Waals surface area contributed by atoms with Gasteiger partial charge in [-0.3, -0.25) is 4.79 Å². The van der Waals surface area contributed by atoms with Crippen LogP contribution in [-0.2, 0) is 0 Å². The van der Waals surface area contributed by atoms with Crippen LogP contribution in [0.3, 0.4) is 0 Å². The Kier molecular flexibility index (Phi) is 9.39. The lowest BCUT2D eigenvalue weighted by Crippen LogP contribution is -2.46. The van der Waals surface area contributed by atoms with Crippen LogP contribution in [0, 0.1) is 18.8 Å². The number of amides is 1. The first-order valence-electron chi connectivity index (χ1n) is 12.7. The molecule has 0 aromatic heterocycles. The van der Waals surface area contributed by atoms with E-state index in [0.717, 1.165) is 42.7 Å². The predicted octanol–water partition coefficient (Wildman–Crippen LogP) is 3.86. The zero-order valence-corrected chi connectivity index (χ0v) is 21.4. The van der Waals surface area contributed by atoms with Gasteiger partial charge < -0.3 is 25.4 Å². The number of piperidine rings is 1. The molecule has 7 nitrogen and oxygen atoms in total. The molecular weight excluding hydrogens is 428 g/mol. The number of hydrogen-bond acceptors (Lipinski definition) is 6. The number of ether oxygens (including phenoxy) is 1. The van der Waals surface area contributed by atoms with Gasteiger partial charge in [0.05, 0.1) is 19.3 Å². The number of guanidine groups is 1. The van der Waals surface area contributed by atoms with Crippen LogP contribution >= 0.6 is 0 Å². The van der Waals surface area contributed by atoms with Crippen molar-refractivity contribution in [3.8, 4) is 5.75 Å². The van der Waals surface area contributed by atoms with Gasteiger partial charge in [0.2, 0.25) is 0 Å². The molecule has 1 unspecified atom stereocenters. The van der Waals surface area contributed by atoms with Crippen LogP contribution in [0.5, 0.6) is 5.75 Å². The van der Waals surface area contributed by atoms with Gasteiger partial charge in [0.25, 0.3) is 5.91 Å². The van der Waals surface area contributed by atoms with E-state index in [9.17, 15) is 4.79 Å². The average molecular weight is 471 g/mol. The predicted molar refractivity (Wildman–Crippen MR) is 137 cm³/mol. The number of nitrogens with one attached hydrogen (secondary N) is 2. The third-order valence-corrected chi connectivity index (χ3v) is 6.87. The number of aliphatic imine (C=N–C) groups is 1. The average Bonchev–Trinajstić information content (AvgIpc) is 2.81. The normalized spacial score (nSPS) is 19.9. The van der Waals surface area contributed by atoms with Gasteiger partial charge in [0.15, 0.2) is 5.96 Å². The molecule has 1 saturated heterocycles. The van der Waals surface area contributed by atoms with Crippen molar-refractivity contribution in [2.75, 3.05) is 26.3 Å². The first kappa shape index (κ1) is 26.1. The highest BCUT2D eigenvalue weighted by molar-refractivity contribution is 5.96. The summed E-state index contributed by atoms with van der Waals surface area (Å²) >= 11 is 0. The third kappa shape index (κ3) is 6.98. The van der Waals surface area contributed by atoms with Gasteiger partial charge in [-0.25, -0.2) is 4.99 Å². The molecule has 0 bridgehead atoms. The largest absolute Gasteiger partial charge is 0.494 e. The summed E-state index contributed by atoms with van der Waals surface area (Å²) < 4.78 is 5.95. The number of carbonyl (C=O) groups is 1. The lowest BCUT2D eigenvalue weighted by Gasteiger charge is -2.36.